The molecule has 3 heterocycles. The Hall–Kier alpha value is -2.21. The Morgan fingerprint density at radius 2 is 2.29 bits per heavy atom. The summed E-state index contributed by atoms with van der Waals surface area (Å²) >= 11 is 1.59. The van der Waals surface area contributed by atoms with Crippen LogP contribution in [0.2, 0.25) is 0 Å². The minimum Gasteiger partial charge on any atom is -0.465 e. The van der Waals surface area contributed by atoms with Crippen LogP contribution >= 0.6 is 11.3 Å². The van der Waals surface area contributed by atoms with Gasteiger partial charge in [-0.2, -0.15) is 5.10 Å². The number of hydrogen-bond donors (Lipinski definition) is 0. The number of carbonyl (C=O) groups is 1. The number of ether oxygens (including phenoxy) is 1. The Balaban J connectivity index is 2.36. The van der Waals surface area contributed by atoms with E-state index < -0.39 is 0 Å². The number of carbonyl (C=O) groups excluding carboxylic acids is 1. The number of rotatable bonds is 3. The van der Waals surface area contributed by atoms with Crippen LogP contribution in [0.15, 0.2) is 23.6 Å². The van der Waals surface area contributed by atoms with E-state index in [1.54, 1.807) is 17.4 Å². The molecule has 0 bridgehead atoms. The molecule has 0 atom stereocenters. The summed E-state index contributed by atoms with van der Waals surface area (Å²) in [5.74, 6) is -0.362. The number of aryl methyl sites for hydroxylation is 2. The molecule has 0 saturated heterocycles. The third-order valence-corrected chi connectivity index (χ3v) is 4.25. The van der Waals surface area contributed by atoms with Gasteiger partial charge in [0.2, 0.25) is 0 Å². The van der Waals surface area contributed by atoms with Gasteiger partial charge in [-0.15, -0.1) is 11.3 Å². The quantitative estimate of drug-likeness (QED) is 0.697. The Kier molecular flexibility index (Phi) is 3.47. The molecule has 0 N–H and O–H groups in total. The van der Waals surface area contributed by atoms with E-state index in [2.05, 4.69) is 10.1 Å². The lowest BCUT2D eigenvalue weighted by Crippen LogP contribution is -2.05. The van der Waals surface area contributed by atoms with E-state index in [0.717, 1.165) is 27.3 Å². The average Bonchev–Trinajstić information content (AvgIpc) is 3.13. The first-order chi connectivity index (χ1) is 10.2. The van der Waals surface area contributed by atoms with Crippen LogP contribution < -0.4 is 0 Å². The summed E-state index contributed by atoms with van der Waals surface area (Å²) in [4.78, 5) is 17.8. The van der Waals surface area contributed by atoms with Crippen molar-refractivity contribution in [3.05, 3.63) is 34.8 Å². The summed E-state index contributed by atoms with van der Waals surface area (Å²) in [6.45, 7) is 4.59. The van der Waals surface area contributed by atoms with Crippen LogP contribution in [0.4, 0.5) is 0 Å². The van der Waals surface area contributed by atoms with Gasteiger partial charge in [-0.1, -0.05) is 6.07 Å². The van der Waals surface area contributed by atoms with Gasteiger partial charge in [0.25, 0.3) is 0 Å². The van der Waals surface area contributed by atoms with Crippen molar-refractivity contribution in [2.24, 2.45) is 0 Å². The predicted molar refractivity (Wildman–Crippen MR) is 82.6 cm³/mol. The summed E-state index contributed by atoms with van der Waals surface area (Å²) in [7, 11) is 1.39. The lowest BCUT2D eigenvalue weighted by molar-refractivity contribution is 0.0603. The molecule has 0 unspecified atom stereocenters. The maximum Gasteiger partial charge on any atom is 0.338 e. The number of hydrogen-bond acceptors (Lipinski definition) is 5. The van der Waals surface area contributed by atoms with Crippen LogP contribution in [0.3, 0.4) is 0 Å². The van der Waals surface area contributed by atoms with Gasteiger partial charge in [-0.3, -0.25) is 0 Å². The third kappa shape index (κ3) is 2.21. The largest absolute Gasteiger partial charge is 0.465 e. The van der Waals surface area contributed by atoms with Crippen molar-refractivity contribution in [3.8, 4) is 10.6 Å². The highest BCUT2D eigenvalue weighted by atomic mass is 32.1. The molecule has 5 nitrogen and oxygen atoms in total. The molecule has 108 valence electrons. The zero-order valence-corrected chi connectivity index (χ0v) is 12.9. The molecule has 6 heteroatoms. The molecule has 3 aromatic rings. The predicted octanol–water partition coefficient (Wildman–Crippen LogP) is 3.27. The summed E-state index contributed by atoms with van der Waals surface area (Å²) in [5.41, 5.74) is 2.80. The molecule has 21 heavy (non-hydrogen) atoms. The van der Waals surface area contributed by atoms with Crippen LogP contribution in [0.25, 0.3) is 21.6 Å². The fourth-order valence-electron chi connectivity index (χ4n) is 2.40. The van der Waals surface area contributed by atoms with E-state index in [1.165, 1.54) is 7.11 Å². The zero-order valence-electron chi connectivity index (χ0n) is 12.1. The van der Waals surface area contributed by atoms with Crippen molar-refractivity contribution in [3.63, 3.8) is 0 Å². The molecule has 0 aliphatic carbocycles. The number of nitrogens with zero attached hydrogens (tertiary/aromatic N) is 3. The van der Waals surface area contributed by atoms with Crippen molar-refractivity contribution in [2.45, 2.75) is 20.4 Å². The lowest BCUT2D eigenvalue weighted by atomic mass is 10.1. The summed E-state index contributed by atoms with van der Waals surface area (Å²) in [5, 5.41) is 7.21. The van der Waals surface area contributed by atoms with Gasteiger partial charge in [0.15, 0.2) is 5.65 Å². The molecule has 0 aliphatic rings. The minimum absolute atomic E-state index is 0.362. The monoisotopic (exact) mass is 301 g/mol. The topological polar surface area (TPSA) is 57.0 Å². The van der Waals surface area contributed by atoms with Crippen molar-refractivity contribution < 1.29 is 9.53 Å². The number of fused-ring (bicyclic) bond motifs is 1. The number of methoxy groups -OCH3 is 1. The van der Waals surface area contributed by atoms with Crippen molar-refractivity contribution in [1.82, 2.24) is 14.8 Å². The molecule has 3 rings (SSSR count). The second-order valence-electron chi connectivity index (χ2n) is 4.62. The Morgan fingerprint density at radius 1 is 1.48 bits per heavy atom. The highest BCUT2D eigenvalue weighted by molar-refractivity contribution is 7.13. The van der Waals surface area contributed by atoms with Crippen molar-refractivity contribution in [1.29, 1.82) is 0 Å². The standard InChI is InChI=1S/C15H15N3O2S/c1-4-18-14-13(9(2)17-18)10(15(19)20-3)8-11(16-14)12-6-5-7-21-12/h5-8H,4H2,1-3H3. The summed E-state index contributed by atoms with van der Waals surface area (Å²) < 4.78 is 6.73. The molecule has 0 saturated carbocycles. The maximum absolute atomic E-state index is 12.1. The molecule has 0 aliphatic heterocycles. The Morgan fingerprint density at radius 3 is 2.90 bits per heavy atom. The van der Waals surface area contributed by atoms with E-state index in [-0.39, 0.29) is 5.97 Å². The highest BCUT2D eigenvalue weighted by Crippen LogP contribution is 2.29. The smallest absolute Gasteiger partial charge is 0.338 e. The summed E-state index contributed by atoms with van der Waals surface area (Å²) in [6.07, 6.45) is 0. The van der Waals surface area contributed by atoms with E-state index in [1.807, 2.05) is 36.0 Å². The molecule has 0 amide bonds. The third-order valence-electron chi connectivity index (χ3n) is 3.36. The van der Waals surface area contributed by atoms with Crippen LogP contribution in [-0.4, -0.2) is 27.8 Å². The highest BCUT2D eigenvalue weighted by Gasteiger charge is 2.20. The van der Waals surface area contributed by atoms with Crippen LogP contribution in [0.1, 0.15) is 23.0 Å². The molecule has 3 aromatic heterocycles. The fraction of sp³-hybridized carbons (Fsp3) is 0.267. The van der Waals surface area contributed by atoms with E-state index in [9.17, 15) is 4.79 Å². The molecule has 0 spiro atoms. The lowest BCUT2D eigenvalue weighted by Gasteiger charge is -2.06. The molecular formula is C15H15N3O2S. The Bertz CT molecular complexity index is 806. The summed E-state index contributed by atoms with van der Waals surface area (Å²) in [6, 6.07) is 5.74. The Labute approximate surface area is 126 Å². The van der Waals surface area contributed by atoms with Gasteiger partial charge >= 0.3 is 5.97 Å². The van der Waals surface area contributed by atoms with E-state index in [4.69, 9.17) is 4.74 Å². The van der Waals surface area contributed by atoms with Gasteiger partial charge in [0, 0.05) is 6.54 Å². The second-order valence-corrected chi connectivity index (χ2v) is 5.57. The minimum atomic E-state index is -0.362. The SMILES string of the molecule is CCn1nc(C)c2c(C(=O)OC)cc(-c3cccs3)nc21. The van der Waals surface area contributed by atoms with Gasteiger partial charge in [-0.05, 0) is 31.4 Å². The zero-order chi connectivity index (χ0) is 15.0. The van der Waals surface area contributed by atoms with Crippen LogP contribution in [-0.2, 0) is 11.3 Å². The average molecular weight is 301 g/mol. The number of esters is 1. The first-order valence-corrected chi connectivity index (χ1v) is 7.54. The number of pyridine rings is 1. The van der Waals surface area contributed by atoms with Gasteiger partial charge in [0.05, 0.1) is 34.3 Å². The van der Waals surface area contributed by atoms with Crippen molar-refractivity contribution >= 4 is 28.3 Å². The van der Waals surface area contributed by atoms with Crippen LogP contribution in [0.5, 0.6) is 0 Å². The van der Waals surface area contributed by atoms with E-state index in [0.29, 0.717) is 12.1 Å². The first kappa shape index (κ1) is 13.8. The number of aromatic nitrogens is 3. The first-order valence-electron chi connectivity index (χ1n) is 6.66. The maximum atomic E-state index is 12.1. The molecule has 0 fully saturated rings. The molecular weight excluding hydrogens is 286 g/mol. The molecule has 0 radical (unpaired) electrons. The molecule has 0 aromatic carbocycles. The van der Waals surface area contributed by atoms with Gasteiger partial charge < -0.3 is 4.74 Å². The normalized spacial score (nSPS) is 11.0. The number of thiophene rings is 1. The van der Waals surface area contributed by atoms with Gasteiger partial charge in [0.1, 0.15) is 0 Å². The van der Waals surface area contributed by atoms with E-state index >= 15 is 0 Å². The second kappa shape index (κ2) is 5.29. The fourth-order valence-corrected chi connectivity index (χ4v) is 3.08. The van der Waals surface area contributed by atoms with Crippen molar-refractivity contribution in [2.75, 3.05) is 7.11 Å². The van der Waals surface area contributed by atoms with Gasteiger partial charge in [-0.25, -0.2) is 14.5 Å². The van der Waals surface area contributed by atoms with Crippen LogP contribution in [0, 0.1) is 6.92 Å².